The molecule has 3 aromatic rings. The Kier molecular flexibility index (Phi) is 6.61. The minimum atomic E-state index is -0.819. The van der Waals surface area contributed by atoms with E-state index >= 15 is 0 Å². The Morgan fingerprint density at radius 3 is 1.71 bits per heavy atom. The standard InChI is InChI=1S/C26H24F2/c1-3-5-6-8-20-11-15-22(16-12-20)24-18-17-23(25(27)26(24)28)21-13-9-19(7-4-2)10-14-21/h9-18H,3-5,7H2,1-2H3. The SMILES string of the molecule is CCCC#Cc1ccc(-c2ccc(-c3ccc(CCC)cc3)c(F)c2F)cc1. The first-order valence-corrected chi connectivity index (χ1v) is 9.80. The molecule has 0 unspecified atom stereocenters. The van der Waals surface area contributed by atoms with Crippen molar-refractivity contribution >= 4 is 0 Å². The molecule has 0 radical (unpaired) electrons. The second-order valence-electron chi connectivity index (χ2n) is 6.86. The molecule has 0 heterocycles. The summed E-state index contributed by atoms with van der Waals surface area (Å²) in [5, 5.41) is 0. The summed E-state index contributed by atoms with van der Waals surface area (Å²) in [5.41, 5.74) is 3.95. The average Bonchev–Trinajstić information content (AvgIpc) is 2.72. The van der Waals surface area contributed by atoms with Crippen LogP contribution in [0.15, 0.2) is 60.7 Å². The van der Waals surface area contributed by atoms with Gasteiger partial charge in [-0.1, -0.05) is 80.6 Å². The van der Waals surface area contributed by atoms with Crippen molar-refractivity contribution in [3.63, 3.8) is 0 Å². The Morgan fingerprint density at radius 1 is 0.679 bits per heavy atom. The summed E-state index contributed by atoms with van der Waals surface area (Å²) in [4.78, 5) is 0. The highest BCUT2D eigenvalue weighted by Gasteiger charge is 2.16. The highest BCUT2D eigenvalue weighted by molar-refractivity contribution is 5.72. The van der Waals surface area contributed by atoms with Crippen molar-refractivity contribution in [2.75, 3.05) is 0 Å². The van der Waals surface area contributed by atoms with Crippen LogP contribution >= 0.6 is 0 Å². The van der Waals surface area contributed by atoms with Crippen LogP contribution in [-0.2, 0) is 6.42 Å². The third-order valence-electron chi connectivity index (χ3n) is 4.69. The Hall–Kier alpha value is -2.92. The first kappa shape index (κ1) is 19.8. The maximum atomic E-state index is 14.8. The Labute approximate surface area is 166 Å². The topological polar surface area (TPSA) is 0 Å². The molecule has 0 aliphatic rings. The van der Waals surface area contributed by atoms with E-state index in [0.717, 1.165) is 31.2 Å². The number of aryl methyl sites for hydroxylation is 1. The first-order chi connectivity index (χ1) is 13.6. The fourth-order valence-corrected chi connectivity index (χ4v) is 3.16. The summed E-state index contributed by atoms with van der Waals surface area (Å²) in [6, 6.07) is 18.2. The molecule has 28 heavy (non-hydrogen) atoms. The molecule has 3 rings (SSSR count). The lowest BCUT2D eigenvalue weighted by Gasteiger charge is -2.10. The van der Waals surface area contributed by atoms with E-state index in [9.17, 15) is 8.78 Å². The Balaban J connectivity index is 1.89. The molecule has 0 aromatic heterocycles. The number of benzene rings is 3. The largest absolute Gasteiger partial charge is 0.203 e. The van der Waals surface area contributed by atoms with Crippen molar-refractivity contribution in [1.29, 1.82) is 0 Å². The van der Waals surface area contributed by atoms with Crippen molar-refractivity contribution in [1.82, 2.24) is 0 Å². The molecule has 0 saturated carbocycles. The molecule has 0 nitrogen and oxygen atoms in total. The monoisotopic (exact) mass is 374 g/mol. The van der Waals surface area contributed by atoms with Gasteiger partial charge in [0, 0.05) is 23.1 Å². The van der Waals surface area contributed by atoms with Gasteiger partial charge in [-0.15, -0.1) is 0 Å². The van der Waals surface area contributed by atoms with Gasteiger partial charge < -0.3 is 0 Å². The van der Waals surface area contributed by atoms with Crippen LogP contribution in [-0.4, -0.2) is 0 Å². The summed E-state index contributed by atoms with van der Waals surface area (Å²) < 4.78 is 29.5. The molecule has 0 saturated heterocycles. The Bertz CT molecular complexity index is 988. The molecule has 142 valence electrons. The van der Waals surface area contributed by atoms with Gasteiger partial charge in [-0.25, -0.2) is 8.78 Å². The smallest absolute Gasteiger partial charge is 0.167 e. The van der Waals surface area contributed by atoms with Crippen molar-refractivity contribution in [2.24, 2.45) is 0 Å². The van der Waals surface area contributed by atoms with E-state index in [1.807, 2.05) is 36.4 Å². The summed E-state index contributed by atoms with van der Waals surface area (Å²) in [6.45, 7) is 4.20. The van der Waals surface area contributed by atoms with E-state index < -0.39 is 11.6 Å². The van der Waals surface area contributed by atoms with Crippen molar-refractivity contribution in [3.8, 4) is 34.1 Å². The van der Waals surface area contributed by atoms with Gasteiger partial charge in [0.05, 0.1) is 0 Å². The van der Waals surface area contributed by atoms with Crippen LogP contribution in [0, 0.1) is 23.5 Å². The lowest BCUT2D eigenvalue weighted by molar-refractivity contribution is 0.514. The van der Waals surface area contributed by atoms with Crippen LogP contribution in [0.2, 0.25) is 0 Å². The van der Waals surface area contributed by atoms with E-state index in [0.29, 0.717) is 11.1 Å². The van der Waals surface area contributed by atoms with Crippen LogP contribution in [0.1, 0.15) is 44.2 Å². The zero-order valence-electron chi connectivity index (χ0n) is 16.4. The molecular weight excluding hydrogens is 350 g/mol. The van der Waals surface area contributed by atoms with Gasteiger partial charge >= 0.3 is 0 Å². The molecule has 0 fully saturated rings. The van der Waals surface area contributed by atoms with Gasteiger partial charge in [0.15, 0.2) is 11.6 Å². The average molecular weight is 374 g/mol. The second kappa shape index (κ2) is 9.33. The third kappa shape index (κ3) is 4.49. The maximum absolute atomic E-state index is 14.8. The Morgan fingerprint density at radius 2 is 1.21 bits per heavy atom. The molecule has 0 spiro atoms. The molecule has 3 aromatic carbocycles. The number of halogens is 2. The number of unbranched alkanes of at least 4 members (excludes halogenated alkanes) is 1. The molecule has 2 heteroatoms. The van der Waals surface area contributed by atoms with Gasteiger partial charge in [-0.2, -0.15) is 0 Å². The van der Waals surface area contributed by atoms with Crippen LogP contribution in [0.4, 0.5) is 8.78 Å². The molecule has 0 amide bonds. The van der Waals surface area contributed by atoms with E-state index in [2.05, 4.69) is 25.7 Å². The lowest BCUT2D eigenvalue weighted by atomic mass is 9.97. The molecule has 0 atom stereocenters. The fourth-order valence-electron chi connectivity index (χ4n) is 3.16. The zero-order chi connectivity index (χ0) is 19.9. The normalized spacial score (nSPS) is 10.4. The third-order valence-corrected chi connectivity index (χ3v) is 4.69. The van der Waals surface area contributed by atoms with E-state index in [1.165, 1.54) is 5.56 Å². The fraction of sp³-hybridized carbons (Fsp3) is 0.231. The highest BCUT2D eigenvalue weighted by atomic mass is 19.2. The van der Waals surface area contributed by atoms with E-state index in [-0.39, 0.29) is 11.1 Å². The van der Waals surface area contributed by atoms with E-state index in [4.69, 9.17) is 0 Å². The van der Waals surface area contributed by atoms with Gasteiger partial charge in [-0.05, 0) is 41.7 Å². The van der Waals surface area contributed by atoms with Crippen LogP contribution in [0.5, 0.6) is 0 Å². The van der Waals surface area contributed by atoms with E-state index in [1.54, 1.807) is 24.3 Å². The first-order valence-electron chi connectivity index (χ1n) is 9.80. The molecule has 0 N–H and O–H groups in total. The van der Waals surface area contributed by atoms with Crippen LogP contribution in [0.25, 0.3) is 22.3 Å². The maximum Gasteiger partial charge on any atom is 0.167 e. The molecular formula is C26H24F2. The lowest BCUT2D eigenvalue weighted by Crippen LogP contribution is -1.94. The van der Waals surface area contributed by atoms with Gasteiger partial charge in [0.2, 0.25) is 0 Å². The number of hydrogen-bond acceptors (Lipinski definition) is 0. The minimum Gasteiger partial charge on any atom is -0.203 e. The molecule has 0 aliphatic carbocycles. The summed E-state index contributed by atoms with van der Waals surface area (Å²) in [7, 11) is 0. The van der Waals surface area contributed by atoms with Crippen molar-refractivity contribution in [3.05, 3.63) is 83.4 Å². The number of rotatable bonds is 5. The molecule has 0 aliphatic heterocycles. The minimum absolute atomic E-state index is 0.261. The summed E-state index contributed by atoms with van der Waals surface area (Å²) >= 11 is 0. The summed E-state index contributed by atoms with van der Waals surface area (Å²) in [5.74, 6) is 4.53. The predicted molar refractivity (Wildman–Crippen MR) is 113 cm³/mol. The van der Waals surface area contributed by atoms with Crippen LogP contribution < -0.4 is 0 Å². The number of hydrogen-bond donors (Lipinski definition) is 0. The quantitative estimate of drug-likeness (QED) is 0.408. The van der Waals surface area contributed by atoms with Crippen LogP contribution in [0.3, 0.4) is 0 Å². The zero-order valence-corrected chi connectivity index (χ0v) is 16.4. The summed E-state index contributed by atoms with van der Waals surface area (Å²) in [6.07, 6.45) is 3.90. The van der Waals surface area contributed by atoms with Gasteiger partial charge in [0.25, 0.3) is 0 Å². The predicted octanol–water partition coefficient (Wildman–Crippen LogP) is 7.40. The second-order valence-corrected chi connectivity index (χ2v) is 6.86. The van der Waals surface area contributed by atoms with Gasteiger partial charge in [-0.3, -0.25) is 0 Å². The van der Waals surface area contributed by atoms with Gasteiger partial charge in [0.1, 0.15) is 0 Å². The molecule has 0 bridgehead atoms. The highest BCUT2D eigenvalue weighted by Crippen LogP contribution is 2.31. The van der Waals surface area contributed by atoms with Crippen molar-refractivity contribution < 1.29 is 8.78 Å². The van der Waals surface area contributed by atoms with Crippen molar-refractivity contribution in [2.45, 2.75) is 39.5 Å².